The maximum absolute atomic E-state index is 12.5. The number of hydrogen-bond acceptors (Lipinski definition) is 3. The second-order valence-electron chi connectivity index (χ2n) is 6.64. The van der Waals surface area contributed by atoms with Crippen molar-refractivity contribution in [3.63, 3.8) is 0 Å². The van der Waals surface area contributed by atoms with E-state index in [1.165, 1.54) is 4.90 Å². The van der Waals surface area contributed by atoms with Gasteiger partial charge in [0.15, 0.2) is 0 Å². The van der Waals surface area contributed by atoms with Crippen molar-refractivity contribution in [2.75, 3.05) is 20.7 Å². The van der Waals surface area contributed by atoms with Gasteiger partial charge in [0.25, 0.3) is 0 Å². The highest BCUT2D eigenvalue weighted by Gasteiger charge is 2.23. The van der Waals surface area contributed by atoms with E-state index in [-0.39, 0.29) is 18.6 Å². The van der Waals surface area contributed by atoms with E-state index in [9.17, 15) is 9.59 Å². The summed E-state index contributed by atoms with van der Waals surface area (Å²) in [6.45, 7) is 5.82. The summed E-state index contributed by atoms with van der Waals surface area (Å²) in [6, 6.07) is 4.67. The van der Waals surface area contributed by atoms with Crippen molar-refractivity contribution in [1.29, 1.82) is 0 Å². The zero-order valence-corrected chi connectivity index (χ0v) is 16.1. The largest absolute Gasteiger partial charge is 0.496 e. The van der Waals surface area contributed by atoms with Crippen LogP contribution in [0.5, 0.6) is 5.75 Å². The molecule has 25 heavy (non-hydrogen) atoms. The van der Waals surface area contributed by atoms with Gasteiger partial charge in [0.05, 0.1) is 19.1 Å². The Morgan fingerprint density at radius 1 is 1.32 bits per heavy atom. The molecule has 0 bridgehead atoms. The fourth-order valence-corrected chi connectivity index (χ4v) is 2.72. The van der Waals surface area contributed by atoms with E-state index >= 15 is 0 Å². The molecule has 0 spiro atoms. The van der Waals surface area contributed by atoms with Crippen LogP contribution in [0.2, 0.25) is 5.02 Å². The number of carbonyl (C=O) groups is 2. The van der Waals surface area contributed by atoms with Crippen LogP contribution < -0.4 is 10.1 Å². The number of ether oxygens (including phenoxy) is 1. The molecule has 0 heterocycles. The monoisotopic (exact) mass is 370 g/mol. The Balaban J connectivity index is 2.98. The van der Waals surface area contributed by atoms with E-state index in [0.29, 0.717) is 23.1 Å². The molecular formula is C18H27ClN2O4. The van der Waals surface area contributed by atoms with Gasteiger partial charge in [-0.1, -0.05) is 32.4 Å². The van der Waals surface area contributed by atoms with Crippen LogP contribution in [0.1, 0.15) is 38.8 Å². The number of amides is 2. The fraction of sp³-hybridized carbons (Fsp3) is 0.556. The maximum Gasteiger partial charge on any atom is 0.317 e. The molecule has 7 heteroatoms. The Morgan fingerprint density at radius 3 is 2.48 bits per heavy atom. The Hall–Kier alpha value is -1.95. The minimum absolute atomic E-state index is 0.127. The zero-order valence-electron chi connectivity index (χ0n) is 15.4. The van der Waals surface area contributed by atoms with Crippen molar-refractivity contribution >= 4 is 23.6 Å². The summed E-state index contributed by atoms with van der Waals surface area (Å²) in [5.41, 5.74) is 0.803. The lowest BCUT2D eigenvalue weighted by Crippen LogP contribution is -2.42. The average Bonchev–Trinajstić information content (AvgIpc) is 2.53. The minimum atomic E-state index is -0.935. The lowest BCUT2D eigenvalue weighted by molar-refractivity contribution is -0.141. The van der Waals surface area contributed by atoms with E-state index in [1.807, 2.05) is 0 Å². The van der Waals surface area contributed by atoms with Gasteiger partial charge in [-0.05, 0) is 30.5 Å². The molecule has 0 fully saturated rings. The summed E-state index contributed by atoms with van der Waals surface area (Å²) in [5, 5.41) is 12.5. The maximum atomic E-state index is 12.5. The van der Waals surface area contributed by atoms with E-state index in [2.05, 4.69) is 19.2 Å². The average molecular weight is 371 g/mol. The van der Waals surface area contributed by atoms with Gasteiger partial charge >= 0.3 is 12.0 Å². The molecule has 2 amide bonds. The van der Waals surface area contributed by atoms with Crippen molar-refractivity contribution in [3.05, 3.63) is 28.8 Å². The zero-order chi connectivity index (χ0) is 19.1. The number of aliphatic carboxylic acids is 1. The lowest BCUT2D eigenvalue weighted by atomic mass is 9.96. The molecule has 0 aromatic heterocycles. The first-order chi connectivity index (χ1) is 11.6. The number of methoxy groups -OCH3 is 1. The first kappa shape index (κ1) is 21.1. The van der Waals surface area contributed by atoms with Gasteiger partial charge in [-0.3, -0.25) is 4.79 Å². The Bertz CT molecular complexity index is 607. The number of carbonyl (C=O) groups excluding carboxylic acids is 1. The third kappa shape index (κ3) is 6.46. The number of benzene rings is 1. The van der Waals surface area contributed by atoms with Gasteiger partial charge in [0.2, 0.25) is 0 Å². The summed E-state index contributed by atoms with van der Waals surface area (Å²) in [4.78, 5) is 24.9. The number of nitrogens with zero attached hydrogens (tertiary/aromatic N) is 1. The van der Waals surface area contributed by atoms with E-state index in [0.717, 1.165) is 5.56 Å². The van der Waals surface area contributed by atoms with Crippen molar-refractivity contribution in [2.45, 2.75) is 33.2 Å². The Morgan fingerprint density at radius 2 is 1.96 bits per heavy atom. The lowest BCUT2D eigenvalue weighted by Gasteiger charge is -2.27. The molecule has 2 N–H and O–H groups in total. The fourth-order valence-electron chi connectivity index (χ4n) is 2.54. The van der Waals surface area contributed by atoms with Crippen molar-refractivity contribution in [1.82, 2.24) is 10.2 Å². The number of carboxylic acids is 1. The molecule has 0 aliphatic carbocycles. The van der Waals surface area contributed by atoms with E-state index < -0.39 is 11.9 Å². The highest BCUT2D eigenvalue weighted by Crippen LogP contribution is 2.32. The number of nitrogens with one attached hydrogen (secondary N) is 1. The molecule has 1 aromatic rings. The Kier molecular flexibility index (Phi) is 8.03. The summed E-state index contributed by atoms with van der Waals surface area (Å²) in [6.07, 6.45) is 0.699. The van der Waals surface area contributed by atoms with Gasteiger partial charge in [-0.25, -0.2) is 4.79 Å². The summed E-state index contributed by atoms with van der Waals surface area (Å²) in [7, 11) is 3.15. The molecule has 0 saturated heterocycles. The van der Waals surface area contributed by atoms with Gasteiger partial charge in [-0.2, -0.15) is 0 Å². The summed E-state index contributed by atoms with van der Waals surface area (Å²) < 4.78 is 5.40. The molecule has 0 saturated carbocycles. The highest BCUT2D eigenvalue weighted by atomic mass is 35.5. The minimum Gasteiger partial charge on any atom is -0.496 e. The Labute approximate surface area is 154 Å². The van der Waals surface area contributed by atoms with Crippen molar-refractivity contribution in [2.24, 2.45) is 11.8 Å². The molecule has 0 aliphatic heterocycles. The molecule has 2 atom stereocenters. The van der Waals surface area contributed by atoms with Gasteiger partial charge in [-0.15, -0.1) is 0 Å². The molecule has 1 rings (SSSR count). The van der Waals surface area contributed by atoms with E-state index in [4.69, 9.17) is 21.4 Å². The number of rotatable bonds is 8. The number of urea groups is 1. The van der Waals surface area contributed by atoms with Crippen LogP contribution in [0.15, 0.2) is 18.2 Å². The second-order valence-corrected chi connectivity index (χ2v) is 7.07. The smallest absolute Gasteiger partial charge is 0.317 e. The first-order valence-corrected chi connectivity index (χ1v) is 8.61. The van der Waals surface area contributed by atoms with Gasteiger partial charge in [0, 0.05) is 24.2 Å². The van der Waals surface area contributed by atoms with Gasteiger partial charge in [0.1, 0.15) is 5.75 Å². The third-order valence-corrected chi connectivity index (χ3v) is 4.12. The van der Waals surface area contributed by atoms with Crippen LogP contribution in [0.4, 0.5) is 4.79 Å². The van der Waals surface area contributed by atoms with Crippen molar-refractivity contribution in [3.8, 4) is 5.75 Å². The van der Waals surface area contributed by atoms with Crippen LogP contribution in [-0.2, 0) is 4.79 Å². The molecule has 0 radical (unpaired) electrons. The van der Waals surface area contributed by atoms with Crippen LogP contribution in [0, 0.1) is 11.8 Å². The second kappa shape index (κ2) is 9.51. The molecule has 1 aromatic carbocycles. The molecular weight excluding hydrogens is 344 g/mol. The summed E-state index contributed by atoms with van der Waals surface area (Å²) in [5.74, 6) is -0.593. The topological polar surface area (TPSA) is 78.9 Å². The highest BCUT2D eigenvalue weighted by molar-refractivity contribution is 6.30. The number of halogens is 1. The number of hydrogen-bond donors (Lipinski definition) is 2. The predicted molar refractivity (Wildman–Crippen MR) is 98.2 cm³/mol. The van der Waals surface area contributed by atoms with Crippen LogP contribution in [0.25, 0.3) is 0 Å². The molecule has 0 aliphatic rings. The van der Waals surface area contributed by atoms with E-state index in [1.54, 1.807) is 39.3 Å². The third-order valence-electron chi connectivity index (χ3n) is 3.89. The molecule has 6 nitrogen and oxygen atoms in total. The normalized spacial score (nSPS) is 13.2. The van der Waals surface area contributed by atoms with Crippen LogP contribution in [-0.4, -0.2) is 42.7 Å². The summed E-state index contributed by atoms with van der Waals surface area (Å²) >= 11 is 6.11. The van der Waals surface area contributed by atoms with Crippen LogP contribution >= 0.6 is 11.6 Å². The molecule has 2 unspecified atom stereocenters. The van der Waals surface area contributed by atoms with Crippen LogP contribution in [0.3, 0.4) is 0 Å². The number of carboxylic acid groups (broad SMARTS) is 1. The predicted octanol–water partition coefficient (Wildman–Crippen LogP) is 3.80. The SMILES string of the molecule is COc1ccc(Cl)cc1C(CC(C)C)NC(=O)N(C)CC(C)C(=O)O. The quantitative estimate of drug-likeness (QED) is 0.729. The van der Waals surface area contributed by atoms with Crippen molar-refractivity contribution < 1.29 is 19.4 Å². The van der Waals surface area contributed by atoms with Gasteiger partial charge < -0.3 is 20.1 Å². The molecule has 140 valence electrons. The standard InChI is InChI=1S/C18H27ClN2O4/c1-11(2)8-15(14-9-13(19)6-7-16(14)25-5)20-18(24)21(4)10-12(3)17(22)23/h6-7,9,11-12,15H,8,10H2,1-5H3,(H,20,24)(H,22,23). The first-order valence-electron chi connectivity index (χ1n) is 8.23.